The van der Waals surface area contributed by atoms with Crippen molar-refractivity contribution in [3.05, 3.63) is 0 Å². The Balaban J connectivity index is 3.49. The predicted molar refractivity (Wildman–Crippen MR) is 106 cm³/mol. The molecule has 0 saturated carbocycles. The molecule has 26 heavy (non-hydrogen) atoms. The number of hydrogen-bond donors (Lipinski definition) is 0. The van der Waals surface area contributed by atoms with Gasteiger partial charge in [0, 0.05) is 23.0 Å². The van der Waals surface area contributed by atoms with E-state index in [1.807, 2.05) is 0 Å². The van der Waals surface area contributed by atoms with Gasteiger partial charge in [-0.15, -0.1) is 0 Å². The molecule has 0 rings (SSSR count). The summed E-state index contributed by atoms with van der Waals surface area (Å²) in [6.07, 6.45) is 0. The highest BCUT2D eigenvalue weighted by molar-refractivity contribution is 7.99. The molecule has 0 aliphatic carbocycles. The largest absolute Gasteiger partial charge is 0.378 e. The van der Waals surface area contributed by atoms with Gasteiger partial charge in [0.1, 0.15) is 23.1 Å². The number of hydrogen-bond acceptors (Lipinski definition) is 8. The van der Waals surface area contributed by atoms with E-state index in [9.17, 15) is 19.2 Å². The third-order valence-electron chi connectivity index (χ3n) is 3.65. The average Bonchev–Trinajstić information content (AvgIpc) is 2.53. The third-order valence-corrected chi connectivity index (χ3v) is 5.70. The Morgan fingerprint density at radius 3 is 1.19 bits per heavy atom. The number of carbonyl (C=O) groups is 4. The monoisotopic (exact) mass is 406 g/mol. The maximum atomic E-state index is 11.3. The summed E-state index contributed by atoms with van der Waals surface area (Å²) in [7, 11) is 0. The Bertz CT molecular complexity index is 397. The first-order chi connectivity index (χ1) is 12.3. The number of ketones is 4. The van der Waals surface area contributed by atoms with Crippen LogP contribution in [0.15, 0.2) is 0 Å². The van der Waals surface area contributed by atoms with Crippen molar-refractivity contribution in [3.63, 3.8) is 0 Å². The van der Waals surface area contributed by atoms with Gasteiger partial charge in [0.2, 0.25) is 0 Å². The number of Topliss-reactive ketones (excluding diaryl/α,β-unsaturated/α-hetero) is 4. The Hall–Kier alpha value is -0.700. The van der Waals surface area contributed by atoms with Crippen molar-refractivity contribution in [2.75, 3.05) is 49.4 Å². The van der Waals surface area contributed by atoms with Crippen LogP contribution in [0.1, 0.15) is 27.7 Å². The first-order valence-electron chi connectivity index (χ1n) is 8.60. The SMILES string of the molecule is CC(=O)C(CSCCOCCOCCSCC(C(C)=O)C(C)=O)C(C)=O. The molecular formula is C18H30O6S2. The van der Waals surface area contributed by atoms with E-state index < -0.39 is 11.8 Å². The maximum absolute atomic E-state index is 11.3. The zero-order chi connectivity index (χ0) is 19.9. The molecule has 8 heteroatoms. The number of ether oxygens (including phenoxy) is 2. The minimum atomic E-state index is -0.508. The molecule has 0 aromatic heterocycles. The number of rotatable bonds is 17. The van der Waals surface area contributed by atoms with Gasteiger partial charge in [-0.2, -0.15) is 23.5 Å². The molecule has 0 heterocycles. The first-order valence-corrected chi connectivity index (χ1v) is 10.9. The highest BCUT2D eigenvalue weighted by Crippen LogP contribution is 2.12. The molecular weight excluding hydrogens is 376 g/mol. The lowest BCUT2D eigenvalue weighted by molar-refractivity contribution is -0.131. The van der Waals surface area contributed by atoms with Gasteiger partial charge >= 0.3 is 0 Å². The lowest BCUT2D eigenvalue weighted by Gasteiger charge is -2.10. The van der Waals surface area contributed by atoms with Crippen LogP contribution in [0.3, 0.4) is 0 Å². The highest BCUT2D eigenvalue weighted by atomic mass is 32.2. The van der Waals surface area contributed by atoms with Crippen LogP contribution in [0.2, 0.25) is 0 Å². The second kappa shape index (κ2) is 15.4. The van der Waals surface area contributed by atoms with Crippen LogP contribution in [0, 0.1) is 11.8 Å². The normalized spacial score (nSPS) is 11.2. The quantitative estimate of drug-likeness (QED) is 0.268. The molecule has 0 bridgehead atoms. The van der Waals surface area contributed by atoms with E-state index in [2.05, 4.69) is 0 Å². The van der Waals surface area contributed by atoms with Crippen molar-refractivity contribution >= 4 is 46.7 Å². The minimum absolute atomic E-state index is 0.0879. The first kappa shape index (κ1) is 25.3. The number of carbonyl (C=O) groups excluding carboxylic acids is 4. The van der Waals surface area contributed by atoms with Gasteiger partial charge in [0.25, 0.3) is 0 Å². The van der Waals surface area contributed by atoms with Gasteiger partial charge in [0.05, 0.1) is 38.3 Å². The zero-order valence-electron chi connectivity index (χ0n) is 16.1. The van der Waals surface area contributed by atoms with E-state index in [1.54, 1.807) is 0 Å². The van der Waals surface area contributed by atoms with Crippen LogP contribution in [0.5, 0.6) is 0 Å². The molecule has 0 aliphatic rings. The molecule has 0 fully saturated rings. The van der Waals surface area contributed by atoms with E-state index in [1.165, 1.54) is 51.2 Å². The van der Waals surface area contributed by atoms with Gasteiger partial charge in [-0.25, -0.2) is 0 Å². The Morgan fingerprint density at radius 1 is 0.615 bits per heavy atom. The Labute approximate surface area is 164 Å². The van der Waals surface area contributed by atoms with Crippen molar-refractivity contribution in [1.82, 2.24) is 0 Å². The Kier molecular flexibility index (Phi) is 15.0. The van der Waals surface area contributed by atoms with Crippen molar-refractivity contribution in [3.8, 4) is 0 Å². The van der Waals surface area contributed by atoms with Crippen LogP contribution >= 0.6 is 23.5 Å². The molecule has 0 unspecified atom stereocenters. The smallest absolute Gasteiger partial charge is 0.141 e. The van der Waals surface area contributed by atoms with Gasteiger partial charge in [-0.05, 0) is 27.7 Å². The molecule has 0 atom stereocenters. The summed E-state index contributed by atoms with van der Waals surface area (Å²) in [5, 5.41) is 0. The second-order valence-electron chi connectivity index (χ2n) is 5.92. The van der Waals surface area contributed by atoms with Crippen LogP contribution < -0.4 is 0 Å². The molecule has 6 nitrogen and oxygen atoms in total. The van der Waals surface area contributed by atoms with Crippen molar-refractivity contribution in [1.29, 1.82) is 0 Å². The van der Waals surface area contributed by atoms with Crippen molar-refractivity contribution < 1.29 is 28.7 Å². The van der Waals surface area contributed by atoms with Crippen LogP contribution in [0.4, 0.5) is 0 Å². The molecule has 0 radical (unpaired) electrons. The van der Waals surface area contributed by atoms with Crippen molar-refractivity contribution in [2.45, 2.75) is 27.7 Å². The van der Waals surface area contributed by atoms with Gasteiger partial charge in [-0.1, -0.05) is 0 Å². The lowest BCUT2D eigenvalue weighted by Crippen LogP contribution is -2.22. The van der Waals surface area contributed by atoms with Crippen LogP contribution in [-0.4, -0.2) is 72.6 Å². The molecule has 0 amide bonds. The number of thioether (sulfide) groups is 2. The molecule has 0 saturated heterocycles. The summed E-state index contributed by atoms with van der Waals surface area (Å²) in [6, 6.07) is 0. The fourth-order valence-electron chi connectivity index (χ4n) is 2.00. The summed E-state index contributed by atoms with van der Waals surface area (Å²) in [5.41, 5.74) is 0. The van der Waals surface area contributed by atoms with Crippen molar-refractivity contribution in [2.24, 2.45) is 11.8 Å². The summed E-state index contributed by atoms with van der Waals surface area (Å²) in [6.45, 7) is 7.83. The van der Waals surface area contributed by atoms with Crippen LogP contribution in [0.25, 0.3) is 0 Å². The lowest BCUT2D eigenvalue weighted by atomic mass is 10.0. The summed E-state index contributed by atoms with van der Waals surface area (Å²) in [5.74, 6) is 1.09. The van der Waals surface area contributed by atoms with Gasteiger partial charge in [0.15, 0.2) is 0 Å². The zero-order valence-corrected chi connectivity index (χ0v) is 17.7. The second-order valence-corrected chi connectivity index (χ2v) is 8.22. The van der Waals surface area contributed by atoms with E-state index in [0.29, 0.717) is 37.9 Å². The maximum Gasteiger partial charge on any atom is 0.141 e. The fraction of sp³-hybridized carbons (Fsp3) is 0.778. The highest BCUT2D eigenvalue weighted by Gasteiger charge is 2.19. The minimum Gasteiger partial charge on any atom is -0.378 e. The van der Waals surface area contributed by atoms with E-state index in [0.717, 1.165) is 11.5 Å². The fourth-order valence-corrected chi connectivity index (χ4v) is 4.22. The van der Waals surface area contributed by atoms with E-state index >= 15 is 0 Å². The molecule has 0 spiro atoms. The third kappa shape index (κ3) is 12.6. The standard InChI is InChI=1S/C18H30O6S2/c1-13(19)17(14(2)20)11-25-9-7-23-5-6-24-8-10-26-12-18(15(3)21)16(4)22/h17-18H,5-12H2,1-4H3. The molecule has 0 aliphatic heterocycles. The molecule has 0 aromatic carbocycles. The molecule has 150 valence electrons. The van der Waals surface area contributed by atoms with E-state index in [-0.39, 0.29) is 23.1 Å². The van der Waals surface area contributed by atoms with Gasteiger partial charge in [-0.3, -0.25) is 19.2 Å². The predicted octanol–water partition coefficient (Wildman–Crippen LogP) is 2.07. The summed E-state index contributed by atoms with van der Waals surface area (Å²) in [4.78, 5) is 45.1. The van der Waals surface area contributed by atoms with Crippen LogP contribution in [-0.2, 0) is 28.7 Å². The van der Waals surface area contributed by atoms with Gasteiger partial charge < -0.3 is 9.47 Å². The Morgan fingerprint density at radius 2 is 0.923 bits per heavy atom. The average molecular weight is 407 g/mol. The molecule has 0 N–H and O–H groups in total. The van der Waals surface area contributed by atoms with E-state index in [4.69, 9.17) is 9.47 Å². The summed E-state index contributed by atoms with van der Waals surface area (Å²) >= 11 is 3.07. The summed E-state index contributed by atoms with van der Waals surface area (Å²) < 4.78 is 10.9. The topological polar surface area (TPSA) is 86.7 Å². The molecule has 0 aromatic rings.